The third-order valence-electron chi connectivity index (χ3n) is 5.08. The van der Waals surface area contributed by atoms with E-state index in [0.29, 0.717) is 22.9 Å². The van der Waals surface area contributed by atoms with Gasteiger partial charge < -0.3 is 15.2 Å². The van der Waals surface area contributed by atoms with Crippen LogP contribution in [0.15, 0.2) is 66.7 Å². The standard InChI is InChI=1S/C25H24ClNO4/c1-16-5-3-4-6-18(16)13-14-31-23-12-11-21(26)15-22(23)24(28)27-17(2)19-7-9-20(10-8-19)25(29)30/h3-12,15,17H,13-14H2,1-2H3,(H,27,28)(H,29,30)/t17-/m0/s1. The molecule has 0 aliphatic rings. The molecule has 5 nitrogen and oxygen atoms in total. The monoisotopic (exact) mass is 437 g/mol. The van der Waals surface area contributed by atoms with Crippen LogP contribution in [0, 0.1) is 6.92 Å². The molecular formula is C25H24ClNO4. The number of aryl methyl sites for hydroxylation is 1. The van der Waals surface area contributed by atoms with Crippen LogP contribution >= 0.6 is 11.6 Å². The van der Waals surface area contributed by atoms with Gasteiger partial charge in [-0.25, -0.2) is 4.79 Å². The van der Waals surface area contributed by atoms with E-state index in [9.17, 15) is 9.59 Å². The Hall–Kier alpha value is -3.31. The van der Waals surface area contributed by atoms with Crippen LogP contribution in [0.5, 0.6) is 5.75 Å². The number of amides is 1. The fourth-order valence-electron chi connectivity index (χ4n) is 3.24. The first-order valence-electron chi connectivity index (χ1n) is 9.96. The highest BCUT2D eigenvalue weighted by Gasteiger charge is 2.17. The van der Waals surface area contributed by atoms with E-state index in [1.54, 1.807) is 30.3 Å². The molecule has 1 amide bonds. The molecule has 0 bridgehead atoms. The zero-order valence-corrected chi connectivity index (χ0v) is 18.1. The SMILES string of the molecule is Cc1ccccc1CCOc1ccc(Cl)cc1C(=O)N[C@@H](C)c1ccc(C(=O)O)cc1. The summed E-state index contributed by atoms with van der Waals surface area (Å²) in [5.41, 5.74) is 3.74. The quantitative estimate of drug-likeness (QED) is 0.490. The van der Waals surface area contributed by atoms with E-state index in [1.807, 2.05) is 19.1 Å². The third kappa shape index (κ3) is 5.86. The molecule has 0 radical (unpaired) electrons. The molecule has 0 saturated heterocycles. The summed E-state index contributed by atoms with van der Waals surface area (Å²) in [5, 5.41) is 12.4. The van der Waals surface area contributed by atoms with Gasteiger partial charge >= 0.3 is 5.97 Å². The summed E-state index contributed by atoms with van der Waals surface area (Å²) in [4.78, 5) is 23.9. The molecule has 0 aliphatic heterocycles. The summed E-state index contributed by atoms with van der Waals surface area (Å²) in [5.74, 6) is -0.846. The zero-order chi connectivity index (χ0) is 22.4. The molecule has 31 heavy (non-hydrogen) atoms. The minimum atomic E-state index is -0.991. The van der Waals surface area contributed by atoms with E-state index in [2.05, 4.69) is 24.4 Å². The van der Waals surface area contributed by atoms with E-state index in [-0.39, 0.29) is 17.5 Å². The van der Waals surface area contributed by atoms with E-state index in [1.165, 1.54) is 23.3 Å². The fraction of sp³-hybridized carbons (Fsp3) is 0.200. The summed E-state index contributed by atoms with van der Waals surface area (Å²) in [7, 11) is 0. The highest BCUT2D eigenvalue weighted by molar-refractivity contribution is 6.31. The summed E-state index contributed by atoms with van der Waals surface area (Å²) in [6.45, 7) is 4.32. The van der Waals surface area contributed by atoms with Crippen molar-refractivity contribution in [3.63, 3.8) is 0 Å². The molecule has 1 atom stereocenters. The van der Waals surface area contributed by atoms with E-state index < -0.39 is 5.97 Å². The van der Waals surface area contributed by atoms with Crippen LogP contribution in [0.1, 0.15) is 50.4 Å². The van der Waals surface area contributed by atoms with Crippen LogP contribution in [0.25, 0.3) is 0 Å². The summed E-state index contributed by atoms with van der Waals surface area (Å²) in [6, 6.07) is 19.2. The molecule has 0 aliphatic carbocycles. The van der Waals surface area contributed by atoms with Crippen molar-refractivity contribution in [2.24, 2.45) is 0 Å². The number of hydrogen-bond donors (Lipinski definition) is 2. The number of nitrogens with one attached hydrogen (secondary N) is 1. The highest BCUT2D eigenvalue weighted by Crippen LogP contribution is 2.25. The lowest BCUT2D eigenvalue weighted by Gasteiger charge is -2.17. The number of carboxylic acids is 1. The Morgan fingerprint density at radius 1 is 1.06 bits per heavy atom. The first-order chi connectivity index (χ1) is 14.8. The van der Waals surface area contributed by atoms with Gasteiger partial charge in [0.1, 0.15) is 5.75 Å². The Bertz CT molecular complexity index is 1080. The maximum absolute atomic E-state index is 12.9. The predicted molar refractivity (Wildman–Crippen MR) is 121 cm³/mol. The van der Waals surface area contributed by atoms with E-state index in [4.69, 9.17) is 21.4 Å². The first kappa shape index (κ1) is 22.4. The number of aromatic carboxylic acids is 1. The molecule has 0 aromatic heterocycles. The maximum atomic E-state index is 12.9. The van der Waals surface area contributed by atoms with Crippen molar-refractivity contribution in [1.82, 2.24) is 5.32 Å². The Kier molecular flexibility index (Phi) is 7.32. The molecule has 2 N–H and O–H groups in total. The summed E-state index contributed by atoms with van der Waals surface area (Å²) >= 11 is 6.12. The third-order valence-corrected chi connectivity index (χ3v) is 5.32. The number of carboxylic acid groups (broad SMARTS) is 1. The second-order valence-electron chi connectivity index (χ2n) is 7.29. The number of ether oxygens (including phenoxy) is 1. The van der Waals surface area contributed by atoms with Gasteiger partial charge in [0, 0.05) is 11.4 Å². The lowest BCUT2D eigenvalue weighted by atomic mass is 10.1. The number of hydrogen-bond acceptors (Lipinski definition) is 3. The van der Waals surface area contributed by atoms with E-state index in [0.717, 1.165) is 12.0 Å². The second-order valence-corrected chi connectivity index (χ2v) is 7.72. The van der Waals surface area contributed by atoms with Gasteiger partial charge in [0.15, 0.2) is 0 Å². The van der Waals surface area contributed by atoms with Gasteiger partial charge in [-0.3, -0.25) is 4.79 Å². The average molecular weight is 438 g/mol. The minimum Gasteiger partial charge on any atom is -0.492 e. The number of benzene rings is 3. The van der Waals surface area contributed by atoms with Gasteiger partial charge in [0.05, 0.1) is 23.8 Å². The fourth-order valence-corrected chi connectivity index (χ4v) is 3.41. The molecule has 6 heteroatoms. The molecule has 0 saturated carbocycles. The number of halogens is 1. The van der Waals surface area contributed by atoms with Gasteiger partial charge in [-0.1, -0.05) is 48.0 Å². The topological polar surface area (TPSA) is 75.6 Å². The molecule has 0 heterocycles. The molecule has 160 valence electrons. The molecule has 3 rings (SSSR count). The summed E-state index contributed by atoms with van der Waals surface area (Å²) in [6.07, 6.45) is 0.725. The average Bonchev–Trinajstić information content (AvgIpc) is 2.76. The van der Waals surface area contributed by atoms with Crippen LogP contribution < -0.4 is 10.1 Å². The predicted octanol–water partition coefficient (Wildman–Crippen LogP) is 5.46. The van der Waals surface area contributed by atoms with Crippen molar-refractivity contribution in [2.75, 3.05) is 6.61 Å². The normalized spacial score (nSPS) is 11.6. The Morgan fingerprint density at radius 3 is 2.45 bits per heavy atom. The molecule has 0 spiro atoms. The van der Waals surface area contributed by atoms with Gasteiger partial charge in [-0.05, 0) is 60.9 Å². The van der Waals surface area contributed by atoms with Crippen LogP contribution in [-0.4, -0.2) is 23.6 Å². The molecule has 0 fully saturated rings. The van der Waals surface area contributed by atoms with Gasteiger partial charge in [-0.2, -0.15) is 0 Å². The van der Waals surface area contributed by atoms with Crippen LogP contribution in [0.3, 0.4) is 0 Å². The van der Waals surface area contributed by atoms with Crippen LogP contribution in [0.2, 0.25) is 5.02 Å². The van der Waals surface area contributed by atoms with Crippen molar-refractivity contribution < 1.29 is 19.4 Å². The lowest BCUT2D eigenvalue weighted by Crippen LogP contribution is -2.27. The smallest absolute Gasteiger partial charge is 0.335 e. The number of rotatable bonds is 8. The maximum Gasteiger partial charge on any atom is 0.335 e. The van der Waals surface area contributed by atoms with Gasteiger partial charge in [0.2, 0.25) is 0 Å². The minimum absolute atomic E-state index is 0.196. The van der Waals surface area contributed by atoms with Crippen molar-refractivity contribution in [1.29, 1.82) is 0 Å². The molecule has 3 aromatic carbocycles. The van der Waals surface area contributed by atoms with Gasteiger partial charge in [-0.15, -0.1) is 0 Å². The van der Waals surface area contributed by atoms with Gasteiger partial charge in [0.25, 0.3) is 5.91 Å². The zero-order valence-electron chi connectivity index (χ0n) is 17.4. The molecular weight excluding hydrogens is 414 g/mol. The van der Waals surface area contributed by atoms with E-state index >= 15 is 0 Å². The number of carbonyl (C=O) groups excluding carboxylic acids is 1. The van der Waals surface area contributed by atoms with Crippen molar-refractivity contribution in [3.8, 4) is 5.75 Å². The Labute approximate surface area is 186 Å². The highest BCUT2D eigenvalue weighted by atomic mass is 35.5. The van der Waals surface area contributed by atoms with Crippen molar-refractivity contribution in [2.45, 2.75) is 26.3 Å². The van der Waals surface area contributed by atoms with Crippen LogP contribution in [-0.2, 0) is 6.42 Å². The molecule has 0 unspecified atom stereocenters. The summed E-state index contributed by atoms with van der Waals surface area (Å²) < 4.78 is 5.92. The van der Waals surface area contributed by atoms with Crippen molar-refractivity contribution >= 4 is 23.5 Å². The van der Waals surface area contributed by atoms with Crippen LogP contribution in [0.4, 0.5) is 0 Å². The molecule has 3 aromatic rings. The Morgan fingerprint density at radius 2 is 1.77 bits per heavy atom. The largest absolute Gasteiger partial charge is 0.492 e. The Balaban J connectivity index is 1.69. The lowest BCUT2D eigenvalue weighted by molar-refractivity contribution is 0.0696. The second kappa shape index (κ2) is 10.1. The number of carbonyl (C=O) groups is 2. The first-order valence-corrected chi connectivity index (χ1v) is 10.3. The van der Waals surface area contributed by atoms with Crippen molar-refractivity contribution in [3.05, 3.63) is 99.6 Å².